The maximum Gasteiger partial charge on any atom is 0.251 e. The number of amides is 3. The highest BCUT2D eigenvalue weighted by molar-refractivity contribution is 5.96. The SMILES string of the molecule is Cc1ccccc1C(=O)NCCC(=O)N1Cc2ccccc2C[C@@H]1C(N)=O. The van der Waals surface area contributed by atoms with Crippen molar-refractivity contribution >= 4 is 17.7 Å². The molecule has 2 aromatic rings. The lowest BCUT2D eigenvalue weighted by Crippen LogP contribution is -2.51. The highest BCUT2D eigenvalue weighted by atomic mass is 16.2. The third kappa shape index (κ3) is 4.16. The van der Waals surface area contributed by atoms with Crippen LogP contribution in [0.2, 0.25) is 0 Å². The van der Waals surface area contributed by atoms with Crippen LogP contribution < -0.4 is 11.1 Å². The molecule has 3 amide bonds. The highest BCUT2D eigenvalue weighted by Gasteiger charge is 2.32. The predicted molar refractivity (Wildman–Crippen MR) is 102 cm³/mol. The maximum atomic E-state index is 12.7. The molecule has 0 unspecified atom stereocenters. The molecule has 0 radical (unpaired) electrons. The Morgan fingerprint density at radius 2 is 1.74 bits per heavy atom. The second-order valence-electron chi connectivity index (χ2n) is 6.73. The van der Waals surface area contributed by atoms with Crippen LogP contribution >= 0.6 is 0 Å². The number of carbonyl (C=O) groups excluding carboxylic acids is 3. The number of nitrogens with one attached hydrogen (secondary N) is 1. The Hall–Kier alpha value is -3.15. The van der Waals surface area contributed by atoms with Crippen molar-refractivity contribution in [1.29, 1.82) is 0 Å². The van der Waals surface area contributed by atoms with Crippen molar-refractivity contribution in [3.05, 3.63) is 70.8 Å². The van der Waals surface area contributed by atoms with Crippen molar-refractivity contribution in [2.45, 2.75) is 32.4 Å². The summed E-state index contributed by atoms with van der Waals surface area (Å²) in [5.74, 6) is -0.920. The quantitative estimate of drug-likeness (QED) is 0.842. The second-order valence-corrected chi connectivity index (χ2v) is 6.73. The Kier molecular flexibility index (Phi) is 5.54. The van der Waals surface area contributed by atoms with Crippen LogP contribution in [-0.2, 0) is 22.6 Å². The molecule has 140 valence electrons. The molecule has 0 saturated carbocycles. The lowest BCUT2D eigenvalue weighted by atomic mass is 9.93. The number of benzene rings is 2. The van der Waals surface area contributed by atoms with E-state index in [4.69, 9.17) is 5.73 Å². The monoisotopic (exact) mass is 365 g/mol. The Morgan fingerprint density at radius 3 is 2.44 bits per heavy atom. The lowest BCUT2D eigenvalue weighted by Gasteiger charge is -2.35. The van der Waals surface area contributed by atoms with Gasteiger partial charge in [0.15, 0.2) is 0 Å². The van der Waals surface area contributed by atoms with Crippen molar-refractivity contribution in [1.82, 2.24) is 10.2 Å². The van der Waals surface area contributed by atoms with Crippen molar-refractivity contribution in [2.24, 2.45) is 5.73 Å². The van der Waals surface area contributed by atoms with Gasteiger partial charge in [-0.2, -0.15) is 0 Å². The molecule has 1 aliphatic rings. The Bertz CT molecular complexity index is 878. The minimum Gasteiger partial charge on any atom is -0.368 e. The molecule has 6 heteroatoms. The number of fused-ring (bicyclic) bond motifs is 1. The number of aryl methyl sites for hydroxylation is 1. The zero-order valence-corrected chi connectivity index (χ0v) is 15.3. The number of hydrogen-bond donors (Lipinski definition) is 2. The summed E-state index contributed by atoms with van der Waals surface area (Å²) in [7, 11) is 0. The van der Waals surface area contributed by atoms with Gasteiger partial charge >= 0.3 is 0 Å². The molecule has 0 fully saturated rings. The van der Waals surface area contributed by atoms with Gasteiger partial charge in [0.25, 0.3) is 5.91 Å². The van der Waals surface area contributed by atoms with Gasteiger partial charge in [0.1, 0.15) is 6.04 Å². The summed E-state index contributed by atoms with van der Waals surface area (Å²) in [4.78, 5) is 38.3. The fourth-order valence-electron chi connectivity index (χ4n) is 3.39. The number of carbonyl (C=O) groups is 3. The summed E-state index contributed by atoms with van der Waals surface area (Å²) >= 11 is 0. The second kappa shape index (κ2) is 8.03. The van der Waals surface area contributed by atoms with Crippen LogP contribution in [0.15, 0.2) is 48.5 Å². The van der Waals surface area contributed by atoms with Crippen LogP contribution in [0, 0.1) is 6.92 Å². The molecule has 6 nitrogen and oxygen atoms in total. The molecule has 27 heavy (non-hydrogen) atoms. The molecule has 0 aromatic heterocycles. The van der Waals surface area contributed by atoms with Gasteiger partial charge in [-0.1, -0.05) is 42.5 Å². The molecule has 0 spiro atoms. The zero-order chi connectivity index (χ0) is 19.4. The van der Waals surface area contributed by atoms with Gasteiger partial charge < -0.3 is 16.0 Å². The normalized spacial score (nSPS) is 15.7. The minimum absolute atomic E-state index is 0.115. The number of nitrogens with zero attached hydrogens (tertiary/aromatic N) is 1. The van der Waals surface area contributed by atoms with E-state index in [1.165, 1.54) is 4.90 Å². The molecule has 1 aliphatic heterocycles. The van der Waals surface area contributed by atoms with E-state index in [0.717, 1.165) is 16.7 Å². The molecule has 1 atom stereocenters. The minimum atomic E-state index is -0.653. The number of primary amides is 1. The largest absolute Gasteiger partial charge is 0.368 e. The van der Waals surface area contributed by atoms with E-state index in [1.807, 2.05) is 43.3 Å². The van der Waals surface area contributed by atoms with Crippen LogP contribution in [-0.4, -0.2) is 35.2 Å². The van der Waals surface area contributed by atoms with E-state index >= 15 is 0 Å². The molecule has 3 rings (SSSR count). The van der Waals surface area contributed by atoms with E-state index < -0.39 is 11.9 Å². The van der Waals surface area contributed by atoms with Crippen molar-refractivity contribution in [3.63, 3.8) is 0 Å². The number of rotatable bonds is 5. The van der Waals surface area contributed by atoms with Gasteiger partial charge in [0.05, 0.1) is 0 Å². The molecule has 0 bridgehead atoms. The van der Waals surface area contributed by atoms with Crippen molar-refractivity contribution in [2.75, 3.05) is 6.54 Å². The summed E-state index contributed by atoms with van der Waals surface area (Å²) in [5, 5.41) is 2.77. The van der Waals surface area contributed by atoms with Gasteiger partial charge in [0.2, 0.25) is 11.8 Å². The molecule has 2 aromatic carbocycles. The van der Waals surface area contributed by atoms with E-state index in [1.54, 1.807) is 12.1 Å². The molecule has 1 heterocycles. The predicted octanol–water partition coefficient (Wildman–Crippen LogP) is 1.55. The van der Waals surface area contributed by atoms with E-state index in [2.05, 4.69) is 5.32 Å². The maximum absolute atomic E-state index is 12.7. The highest BCUT2D eigenvalue weighted by Crippen LogP contribution is 2.23. The average Bonchev–Trinajstić information content (AvgIpc) is 2.67. The Labute approximate surface area is 158 Å². The van der Waals surface area contributed by atoms with Gasteiger partial charge in [-0.15, -0.1) is 0 Å². The van der Waals surface area contributed by atoms with Gasteiger partial charge in [-0.05, 0) is 29.7 Å². The van der Waals surface area contributed by atoms with Crippen LogP contribution in [0.3, 0.4) is 0 Å². The van der Waals surface area contributed by atoms with Crippen LogP contribution in [0.1, 0.15) is 33.5 Å². The van der Waals surface area contributed by atoms with Crippen LogP contribution in [0.5, 0.6) is 0 Å². The van der Waals surface area contributed by atoms with Crippen molar-refractivity contribution in [3.8, 4) is 0 Å². The molecule has 3 N–H and O–H groups in total. The Morgan fingerprint density at radius 1 is 1.07 bits per heavy atom. The molecular formula is C21H23N3O3. The standard InChI is InChI=1S/C21H23N3O3/c1-14-6-2-5-9-17(14)21(27)23-11-10-19(25)24-13-16-8-4-3-7-15(16)12-18(24)20(22)26/h2-9,18H,10-13H2,1H3,(H2,22,26)(H,23,27)/t18-/m1/s1. The Balaban J connectivity index is 1.62. The van der Waals surface area contributed by atoms with Crippen molar-refractivity contribution < 1.29 is 14.4 Å². The first-order valence-electron chi connectivity index (χ1n) is 8.96. The fraction of sp³-hybridized carbons (Fsp3) is 0.286. The summed E-state index contributed by atoms with van der Waals surface area (Å²) in [5.41, 5.74) is 9.05. The summed E-state index contributed by atoms with van der Waals surface area (Å²) in [6.07, 6.45) is 0.538. The lowest BCUT2D eigenvalue weighted by molar-refractivity contribution is -0.140. The number of hydrogen-bond acceptors (Lipinski definition) is 3. The first-order chi connectivity index (χ1) is 13.0. The van der Waals surface area contributed by atoms with E-state index in [-0.39, 0.29) is 24.8 Å². The summed E-state index contributed by atoms with van der Waals surface area (Å²) in [6.45, 7) is 2.42. The summed E-state index contributed by atoms with van der Waals surface area (Å²) < 4.78 is 0. The average molecular weight is 365 g/mol. The van der Waals surface area contributed by atoms with E-state index in [0.29, 0.717) is 18.5 Å². The number of nitrogens with two attached hydrogens (primary N) is 1. The van der Waals surface area contributed by atoms with Crippen LogP contribution in [0.25, 0.3) is 0 Å². The van der Waals surface area contributed by atoms with Gasteiger partial charge in [0, 0.05) is 31.5 Å². The first kappa shape index (κ1) is 18.6. The zero-order valence-electron chi connectivity index (χ0n) is 15.3. The molecular weight excluding hydrogens is 342 g/mol. The van der Waals surface area contributed by atoms with Gasteiger partial charge in [-0.25, -0.2) is 0 Å². The van der Waals surface area contributed by atoms with Crippen LogP contribution in [0.4, 0.5) is 0 Å². The third-order valence-electron chi connectivity index (χ3n) is 4.91. The first-order valence-corrected chi connectivity index (χ1v) is 8.96. The smallest absolute Gasteiger partial charge is 0.251 e. The summed E-state index contributed by atoms with van der Waals surface area (Å²) in [6, 6.07) is 14.4. The van der Waals surface area contributed by atoms with Gasteiger partial charge in [-0.3, -0.25) is 14.4 Å². The molecule has 0 aliphatic carbocycles. The van der Waals surface area contributed by atoms with E-state index in [9.17, 15) is 14.4 Å². The fourth-order valence-corrected chi connectivity index (χ4v) is 3.39. The molecule has 0 saturated heterocycles. The topological polar surface area (TPSA) is 92.5 Å². The third-order valence-corrected chi connectivity index (χ3v) is 4.91.